The van der Waals surface area contributed by atoms with Crippen molar-refractivity contribution < 1.29 is 4.79 Å². The molecule has 0 fully saturated rings. The fourth-order valence-electron chi connectivity index (χ4n) is 1.75. The molecule has 1 aromatic heterocycles. The van der Waals surface area contributed by atoms with Crippen LogP contribution in [0.2, 0.25) is 0 Å². The maximum Gasteiger partial charge on any atom is 0.236 e. The summed E-state index contributed by atoms with van der Waals surface area (Å²) in [6, 6.07) is 7.63. The van der Waals surface area contributed by atoms with Gasteiger partial charge in [0.2, 0.25) is 5.91 Å². The van der Waals surface area contributed by atoms with Gasteiger partial charge in [-0.15, -0.1) is 0 Å². The normalized spacial score (nSPS) is 10.5. The molecule has 1 aromatic carbocycles. The Bertz CT molecular complexity index is 567. The first-order valence-corrected chi connectivity index (χ1v) is 5.31. The van der Waals surface area contributed by atoms with E-state index in [1.807, 2.05) is 31.2 Å². The van der Waals surface area contributed by atoms with Crippen LogP contribution in [-0.4, -0.2) is 29.5 Å². The molecule has 0 bridgehead atoms. The van der Waals surface area contributed by atoms with Gasteiger partial charge in [0.25, 0.3) is 0 Å². The van der Waals surface area contributed by atoms with Gasteiger partial charge in [-0.05, 0) is 19.1 Å². The van der Waals surface area contributed by atoms with E-state index in [1.165, 1.54) is 0 Å². The molecule has 2 rings (SSSR count). The van der Waals surface area contributed by atoms with Gasteiger partial charge < -0.3 is 10.6 Å². The molecule has 1 heterocycles. The third-order valence-corrected chi connectivity index (χ3v) is 2.47. The van der Waals surface area contributed by atoms with Gasteiger partial charge in [0.1, 0.15) is 0 Å². The molecule has 2 N–H and O–H groups in total. The van der Waals surface area contributed by atoms with E-state index in [9.17, 15) is 4.79 Å². The molecule has 0 atom stereocenters. The van der Waals surface area contributed by atoms with Crippen molar-refractivity contribution in [1.82, 2.24) is 9.97 Å². The van der Waals surface area contributed by atoms with E-state index >= 15 is 0 Å². The van der Waals surface area contributed by atoms with Crippen LogP contribution in [0.15, 0.2) is 24.3 Å². The molecule has 0 saturated heterocycles. The number of benzene rings is 1. The smallest absolute Gasteiger partial charge is 0.236 e. The molecule has 0 unspecified atom stereocenters. The molecule has 88 valence electrons. The fourth-order valence-corrected chi connectivity index (χ4v) is 1.75. The number of para-hydroxylation sites is 2. The highest BCUT2D eigenvalue weighted by Gasteiger charge is 2.11. The zero-order valence-electron chi connectivity index (χ0n) is 9.84. The third kappa shape index (κ3) is 2.33. The molecule has 17 heavy (non-hydrogen) atoms. The number of nitrogens with two attached hydrogens (primary N) is 1. The molecule has 1 amide bonds. The van der Waals surface area contributed by atoms with Gasteiger partial charge in [-0.3, -0.25) is 4.79 Å². The van der Waals surface area contributed by atoms with E-state index in [4.69, 9.17) is 5.73 Å². The van der Waals surface area contributed by atoms with Crippen molar-refractivity contribution in [3.05, 3.63) is 30.0 Å². The summed E-state index contributed by atoms with van der Waals surface area (Å²) in [6.45, 7) is 2.00. The summed E-state index contributed by atoms with van der Waals surface area (Å²) < 4.78 is 0. The second-order valence-corrected chi connectivity index (χ2v) is 3.94. The topological polar surface area (TPSA) is 72.1 Å². The van der Waals surface area contributed by atoms with Crippen LogP contribution in [0.25, 0.3) is 11.0 Å². The van der Waals surface area contributed by atoms with E-state index in [0.29, 0.717) is 5.82 Å². The number of amides is 1. The average molecular weight is 230 g/mol. The SMILES string of the molecule is Cc1nc2ccccc2nc1N(C)CC(N)=O. The summed E-state index contributed by atoms with van der Waals surface area (Å²) in [5, 5.41) is 0. The molecular weight excluding hydrogens is 216 g/mol. The van der Waals surface area contributed by atoms with Crippen LogP contribution in [0.4, 0.5) is 5.82 Å². The predicted octanol–water partition coefficient (Wildman–Crippen LogP) is 0.860. The molecular formula is C12H14N4O. The van der Waals surface area contributed by atoms with Gasteiger partial charge in [0, 0.05) is 7.05 Å². The zero-order valence-corrected chi connectivity index (χ0v) is 9.84. The number of carbonyl (C=O) groups excluding carboxylic acids is 1. The number of aromatic nitrogens is 2. The number of carbonyl (C=O) groups is 1. The molecule has 0 aliphatic rings. The Labute approximate surface area is 99.3 Å². The van der Waals surface area contributed by atoms with Crippen molar-refractivity contribution in [1.29, 1.82) is 0 Å². The van der Waals surface area contributed by atoms with E-state index in [1.54, 1.807) is 11.9 Å². The summed E-state index contributed by atoms with van der Waals surface area (Å²) >= 11 is 0. The summed E-state index contributed by atoms with van der Waals surface area (Å²) in [5.74, 6) is 0.296. The number of nitrogens with zero attached hydrogens (tertiary/aromatic N) is 3. The van der Waals surface area contributed by atoms with Gasteiger partial charge in [0.15, 0.2) is 5.82 Å². The lowest BCUT2D eigenvalue weighted by Gasteiger charge is -2.18. The third-order valence-electron chi connectivity index (χ3n) is 2.47. The first kappa shape index (κ1) is 11.3. The summed E-state index contributed by atoms with van der Waals surface area (Å²) in [5.41, 5.74) is 7.61. The minimum absolute atomic E-state index is 0.133. The molecule has 0 saturated carbocycles. The monoisotopic (exact) mass is 230 g/mol. The largest absolute Gasteiger partial charge is 0.368 e. The molecule has 0 aliphatic carbocycles. The minimum Gasteiger partial charge on any atom is -0.368 e. The van der Waals surface area contributed by atoms with Gasteiger partial charge in [-0.1, -0.05) is 12.1 Å². The predicted molar refractivity (Wildman–Crippen MR) is 66.7 cm³/mol. The van der Waals surface area contributed by atoms with Crippen molar-refractivity contribution in [3.63, 3.8) is 0 Å². The number of likely N-dealkylation sites (N-methyl/N-ethyl adjacent to an activating group) is 1. The van der Waals surface area contributed by atoms with Gasteiger partial charge in [-0.25, -0.2) is 9.97 Å². The Balaban J connectivity index is 2.46. The van der Waals surface area contributed by atoms with Crippen LogP contribution in [-0.2, 0) is 4.79 Å². The van der Waals surface area contributed by atoms with E-state index in [-0.39, 0.29) is 12.5 Å². The number of hydrogen-bond donors (Lipinski definition) is 1. The van der Waals surface area contributed by atoms with Crippen molar-refractivity contribution in [2.45, 2.75) is 6.92 Å². The Morgan fingerprint density at radius 1 is 1.29 bits per heavy atom. The zero-order chi connectivity index (χ0) is 12.4. The number of aryl methyl sites for hydroxylation is 1. The maximum atomic E-state index is 10.9. The molecule has 0 radical (unpaired) electrons. The van der Waals surface area contributed by atoms with E-state index < -0.39 is 0 Å². The van der Waals surface area contributed by atoms with Crippen molar-refractivity contribution >= 4 is 22.8 Å². The second kappa shape index (κ2) is 4.37. The van der Waals surface area contributed by atoms with Gasteiger partial charge in [-0.2, -0.15) is 0 Å². The Kier molecular flexibility index (Phi) is 2.91. The van der Waals surface area contributed by atoms with Crippen molar-refractivity contribution in [3.8, 4) is 0 Å². The molecule has 0 aliphatic heterocycles. The van der Waals surface area contributed by atoms with Crippen LogP contribution >= 0.6 is 0 Å². The highest BCUT2D eigenvalue weighted by Crippen LogP contribution is 2.18. The maximum absolute atomic E-state index is 10.9. The number of primary amides is 1. The number of hydrogen-bond acceptors (Lipinski definition) is 4. The lowest BCUT2D eigenvalue weighted by Crippen LogP contribution is -2.31. The Morgan fingerprint density at radius 2 is 1.88 bits per heavy atom. The molecule has 0 spiro atoms. The second-order valence-electron chi connectivity index (χ2n) is 3.94. The fraction of sp³-hybridized carbons (Fsp3) is 0.250. The minimum atomic E-state index is -0.387. The van der Waals surface area contributed by atoms with Gasteiger partial charge in [0.05, 0.1) is 23.3 Å². The first-order valence-electron chi connectivity index (χ1n) is 5.31. The molecule has 5 nitrogen and oxygen atoms in total. The summed E-state index contributed by atoms with van der Waals surface area (Å²) in [6.07, 6.45) is 0. The standard InChI is InChI=1S/C12H14N4O/c1-8-12(16(2)7-11(13)17)15-10-6-4-3-5-9(10)14-8/h3-6H,7H2,1-2H3,(H2,13,17). The summed E-state index contributed by atoms with van der Waals surface area (Å²) in [7, 11) is 1.77. The lowest BCUT2D eigenvalue weighted by atomic mass is 10.3. The molecule has 2 aromatic rings. The van der Waals surface area contributed by atoms with E-state index in [0.717, 1.165) is 16.7 Å². The van der Waals surface area contributed by atoms with E-state index in [2.05, 4.69) is 9.97 Å². The van der Waals surface area contributed by atoms with Crippen LogP contribution in [0.1, 0.15) is 5.69 Å². The number of rotatable bonds is 3. The number of anilines is 1. The van der Waals surface area contributed by atoms with Crippen molar-refractivity contribution in [2.24, 2.45) is 5.73 Å². The quantitative estimate of drug-likeness (QED) is 0.848. The number of fused-ring (bicyclic) bond motifs is 1. The Hall–Kier alpha value is -2.17. The van der Waals surface area contributed by atoms with Crippen LogP contribution < -0.4 is 10.6 Å². The summed E-state index contributed by atoms with van der Waals surface area (Å²) in [4.78, 5) is 21.5. The molecule has 5 heteroatoms. The van der Waals surface area contributed by atoms with Crippen LogP contribution in [0.3, 0.4) is 0 Å². The Morgan fingerprint density at radius 3 is 2.47 bits per heavy atom. The van der Waals surface area contributed by atoms with Gasteiger partial charge >= 0.3 is 0 Å². The first-order chi connectivity index (χ1) is 8.08. The lowest BCUT2D eigenvalue weighted by molar-refractivity contribution is -0.116. The highest BCUT2D eigenvalue weighted by atomic mass is 16.1. The van der Waals surface area contributed by atoms with Crippen LogP contribution in [0, 0.1) is 6.92 Å². The highest BCUT2D eigenvalue weighted by molar-refractivity contribution is 5.81. The van der Waals surface area contributed by atoms with Crippen LogP contribution in [0.5, 0.6) is 0 Å². The van der Waals surface area contributed by atoms with Crippen molar-refractivity contribution in [2.75, 3.05) is 18.5 Å². The average Bonchev–Trinajstić information content (AvgIpc) is 2.27.